The monoisotopic (exact) mass is 375 g/mol. The molecule has 2 atom stereocenters. The summed E-state index contributed by atoms with van der Waals surface area (Å²) in [6.07, 6.45) is 5.56. The van der Waals surface area contributed by atoms with Crippen molar-refractivity contribution in [1.82, 2.24) is 10.3 Å². The van der Waals surface area contributed by atoms with Crippen molar-refractivity contribution in [2.45, 2.75) is 51.1 Å². The third kappa shape index (κ3) is 3.64. The predicted molar refractivity (Wildman–Crippen MR) is 103 cm³/mol. The fourth-order valence-corrected chi connectivity index (χ4v) is 4.55. The van der Waals surface area contributed by atoms with Crippen molar-refractivity contribution < 1.29 is 9.21 Å². The summed E-state index contributed by atoms with van der Waals surface area (Å²) in [6, 6.07) is 10.2. The Kier molecular flexibility index (Phi) is 5.68. The lowest BCUT2D eigenvalue weighted by molar-refractivity contribution is 0.0732. The van der Waals surface area contributed by atoms with Crippen molar-refractivity contribution in [2.24, 2.45) is 17.6 Å². The predicted octanol–water partition coefficient (Wildman–Crippen LogP) is 3.71. The molecule has 2 fully saturated rings. The lowest BCUT2D eigenvalue weighted by Crippen LogP contribution is -2.53. The molecular weight excluding hydrogens is 350 g/mol. The number of aromatic nitrogens is 1. The second-order valence-electron chi connectivity index (χ2n) is 7.48. The first kappa shape index (κ1) is 18.9. The second kappa shape index (κ2) is 7.80. The van der Waals surface area contributed by atoms with Crippen LogP contribution in [0.1, 0.15) is 48.4 Å². The van der Waals surface area contributed by atoms with Gasteiger partial charge in [-0.3, -0.25) is 4.79 Å². The highest BCUT2D eigenvalue weighted by atomic mass is 35.5. The van der Waals surface area contributed by atoms with Gasteiger partial charge in [0.2, 0.25) is 11.7 Å². The van der Waals surface area contributed by atoms with Gasteiger partial charge in [0.15, 0.2) is 0 Å². The summed E-state index contributed by atoms with van der Waals surface area (Å²) in [7, 11) is 0. The smallest absolute Gasteiger partial charge is 0.289 e. The van der Waals surface area contributed by atoms with Gasteiger partial charge in [-0.2, -0.15) is 0 Å². The number of rotatable bonds is 3. The average molecular weight is 376 g/mol. The summed E-state index contributed by atoms with van der Waals surface area (Å²) in [4.78, 5) is 17.2. The Bertz CT molecular complexity index is 748. The van der Waals surface area contributed by atoms with Crippen LogP contribution in [0.5, 0.6) is 0 Å². The van der Waals surface area contributed by atoms with Crippen LogP contribution in [-0.4, -0.2) is 23.0 Å². The molecule has 2 aliphatic rings. The Morgan fingerprint density at radius 1 is 1.19 bits per heavy atom. The number of halogens is 1. The van der Waals surface area contributed by atoms with E-state index in [1.807, 2.05) is 37.3 Å². The van der Waals surface area contributed by atoms with Gasteiger partial charge in [0.25, 0.3) is 5.91 Å². The molecule has 0 radical (unpaired) electrons. The van der Waals surface area contributed by atoms with E-state index in [-0.39, 0.29) is 30.4 Å². The molecule has 0 saturated heterocycles. The second-order valence-corrected chi connectivity index (χ2v) is 7.48. The molecule has 1 aromatic carbocycles. The molecule has 2 bridgehead atoms. The number of amides is 1. The fourth-order valence-electron chi connectivity index (χ4n) is 4.55. The average Bonchev–Trinajstić information content (AvgIpc) is 2.98. The molecule has 4 rings (SSSR count). The Labute approximate surface area is 160 Å². The zero-order valence-electron chi connectivity index (χ0n) is 15.0. The maximum absolute atomic E-state index is 12.8. The Hall–Kier alpha value is -1.85. The van der Waals surface area contributed by atoms with Crippen LogP contribution in [0.25, 0.3) is 11.5 Å². The molecule has 2 saturated carbocycles. The summed E-state index contributed by atoms with van der Waals surface area (Å²) < 4.78 is 5.80. The molecule has 1 heterocycles. The molecule has 5 nitrogen and oxygen atoms in total. The van der Waals surface area contributed by atoms with Gasteiger partial charge in [-0.1, -0.05) is 24.6 Å². The van der Waals surface area contributed by atoms with E-state index in [2.05, 4.69) is 10.3 Å². The zero-order valence-corrected chi connectivity index (χ0v) is 15.8. The number of nitrogens with one attached hydrogen (secondary N) is 1. The molecule has 1 amide bonds. The van der Waals surface area contributed by atoms with Crippen molar-refractivity contribution >= 4 is 18.3 Å². The number of carbonyl (C=O) groups excluding carboxylic acids is 1. The van der Waals surface area contributed by atoms with E-state index in [0.717, 1.165) is 31.2 Å². The van der Waals surface area contributed by atoms with E-state index in [1.165, 1.54) is 6.42 Å². The van der Waals surface area contributed by atoms with Gasteiger partial charge < -0.3 is 15.5 Å². The number of hydrogen-bond acceptors (Lipinski definition) is 4. The maximum Gasteiger partial charge on any atom is 0.289 e. The highest BCUT2D eigenvalue weighted by Gasteiger charge is 2.40. The van der Waals surface area contributed by atoms with Crippen LogP contribution in [-0.2, 0) is 0 Å². The van der Waals surface area contributed by atoms with Crippen molar-refractivity contribution in [3.8, 4) is 11.5 Å². The number of oxazole rings is 1. The zero-order chi connectivity index (χ0) is 17.4. The highest BCUT2D eigenvalue weighted by Crippen LogP contribution is 2.39. The van der Waals surface area contributed by atoms with Crippen molar-refractivity contribution in [1.29, 1.82) is 0 Å². The summed E-state index contributed by atoms with van der Waals surface area (Å²) >= 11 is 0. The maximum atomic E-state index is 12.8. The fraction of sp³-hybridized carbons (Fsp3) is 0.500. The molecule has 6 heteroatoms. The van der Waals surface area contributed by atoms with Crippen LogP contribution in [0, 0.1) is 18.8 Å². The number of aryl methyl sites for hydroxylation is 1. The lowest BCUT2D eigenvalue weighted by Gasteiger charge is -2.45. The van der Waals surface area contributed by atoms with Gasteiger partial charge in [-0.25, -0.2) is 4.98 Å². The minimum atomic E-state index is -0.149. The number of benzene rings is 1. The van der Waals surface area contributed by atoms with Crippen LogP contribution in [0.2, 0.25) is 0 Å². The minimum absolute atomic E-state index is 0. The summed E-state index contributed by atoms with van der Waals surface area (Å²) in [5, 5.41) is 3.24. The Morgan fingerprint density at radius 2 is 1.85 bits per heavy atom. The van der Waals surface area contributed by atoms with E-state index >= 15 is 0 Å². The molecule has 0 spiro atoms. The number of nitrogens with zero attached hydrogens (tertiary/aromatic N) is 1. The van der Waals surface area contributed by atoms with Gasteiger partial charge >= 0.3 is 0 Å². The van der Waals surface area contributed by atoms with Crippen molar-refractivity contribution in [3.05, 3.63) is 41.8 Å². The van der Waals surface area contributed by atoms with Gasteiger partial charge in [0, 0.05) is 17.6 Å². The van der Waals surface area contributed by atoms with E-state index in [4.69, 9.17) is 10.2 Å². The Balaban J connectivity index is 0.00000196. The molecule has 2 unspecified atom stereocenters. The number of hydrogen-bond donors (Lipinski definition) is 2. The van der Waals surface area contributed by atoms with Crippen molar-refractivity contribution in [3.63, 3.8) is 0 Å². The highest BCUT2D eigenvalue weighted by molar-refractivity contribution is 5.93. The van der Waals surface area contributed by atoms with Crippen molar-refractivity contribution in [2.75, 3.05) is 0 Å². The third-order valence-electron chi connectivity index (χ3n) is 5.70. The molecule has 2 aliphatic carbocycles. The first-order chi connectivity index (χ1) is 12.1. The normalized spacial score (nSPS) is 27.5. The number of nitrogens with two attached hydrogens (primary N) is 1. The molecular formula is C20H26ClN3O2. The number of carbonyl (C=O) groups is 1. The third-order valence-corrected chi connectivity index (χ3v) is 5.70. The van der Waals surface area contributed by atoms with Gasteiger partial charge in [0.1, 0.15) is 0 Å². The van der Waals surface area contributed by atoms with Gasteiger partial charge in [-0.15, -0.1) is 12.4 Å². The van der Waals surface area contributed by atoms with Crippen LogP contribution >= 0.6 is 12.4 Å². The van der Waals surface area contributed by atoms with Crippen LogP contribution in [0.3, 0.4) is 0 Å². The summed E-state index contributed by atoms with van der Waals surface area (Å²) in [5.41, 5.74) is 7.69. The van der Waals surface area contributed by atoms with Gasteiger partial charge in [-0.05, 0) is 56.6 Å². The van der Waals surface area contributed by atoms with E-state index in [1.54, 1.807) is 0 Å². The molecule has 3 N–H and O–H groups in total. The van der Waals surface area contributed by atoms with Crippen LogP contribution in [0.15, 0.2) is 34.7 Å². The molecule has 26 heavy (non-hydrogen) atoms. The molecule has 0 aliphatic heterocycles. The quantitative estimate of drug-likeness (QED) is 0.856. The van der Waals surface area contributed by atoms with Gasteiger partial charge in [0.05, 0.1) is 5.69 Å². The largest absolute Gasteiger partial charge is 0.431 e. The number of fused-ring (bicyclic) bond motifs is 2. The summed E-state index contributed by atoms with van der Waals surface area (Å²) in [6.45, 7) is 1.82. The van der Waals surface area contributed by atoms with E-state index in [9.17, 15) is 4.79 Å². The first-order valence-corrected chi connectivity index (χ1v) is 9.21. The van der Waals surface area contributed by atoms with Crippen LogP contribution in [0.4, 0.5) is 0 Å². The van der Waals surface area contributed by atoms with Crippen LogP contribution < -0.4 is 11.1 Å². The van der Waals surface area contributed by atoms with E-state index in [0.29, 0.717) is 29.2 Å². The molecule has 140 valence electrons. The lowest BCUT2D eigenvalue weighted by atomic mass is 9.67. The topological polar surface area (TPSA) is 81.2 Å². The first-order valence-electron chi connectivity index (χ1n) is 9.21. The molecule has 1 aromatic heterocycles. The summed E-state index contributed by atoms with van der Waals surface area (Å²) in [5.74, 6) is 1.65. The van der Waals surface area contributed by atoms with E-state index < -0.39 is 0 Å². The standard InChI is InChI=1S/C20H25N3O2.ClH/c1-12-18(25-20(22-12)13-6-3-2-4-7-13)19(24)23-17-14-8-5-9-15(17)11-16(21)10-14;/h2-4,6-7,14-17H,5,8-11,21H2,1H3,(H,23,24);1H. The molecule has 2 aromatic rings. The minimum Gasteiger partial charge on any atom is -0.431 e. The SMILES string of the molecule is Cc1nc(-c2ccccc2)oc1C(=O)NC1C2CCCC1CC(N)C2.Cl. The Morgan fingerprint density at radius 3 is 2.50 bits per heavy atom.